The van der Waals surface area contributed by atoms with Gasteiger partial charge in [-0.3, -0.25) is 14.8 Å². The molecule has 0 radical (unpaired) electrons. The molecule has 2 fully saturated rings. The normalized spacial score (nSPS) is 23.9. The summed E-state index contributed by atoms with van der Waals surface area (Å²) in [6, 6.07) is 11.9. The second-order valence-electron chi connectivity index (χ2n) is 9.15. The Morgan fingerprint density at radius 1 is 1.07 bits per heavy atom. The lowest BCUT2D eigenvalue weighted by Crippen LogP contribution is -2.47. The van der Waals surface area contributed by atoms with Crippen LogP contribution in [0.5, 0.6) is 0 Å². The number of aliphatic imine (C=N–C) groups is 1. The Balaban J connectivity index is 1.28. The van der Waals surface area contributed by atoms with Crippen LogP contribution in [0, 0.1) is 5.92 Å². The highest BCUT2D eigenvalue weighted by Crippen LogP contribution is 2.18. The van der Waals surface area contributed by atoms with Gasteiger partial charge in [-0.1, -0.05) is 25.1 Å². The van der Waals surface area contributed by atoms with Crippen LogP contribution in [0.1, 0.15) is 33.6 Å². The minimum absolute atomic E-state index is 0.486. The summed E-state index contributed by atoms with van der Waals surface area (Å²) in [5, 5.41) is 7.16. The molecule has 0 bridgehead atoms. The summed E-state index contributed by atoms with van der Waals surface area (Å²) in [7, 11) is 1.88. The van der Waals surface area contributed by atoms with Gasteiger partial charge < -0.3 is 15.5 Å². The summed E-state index contributed by atoms with van der Waals surface area (Å²) in [5.74, 6) is 1.61. The summed E-state index contributed by atoms with van der Waals surface area (Å²) >= 11 is 0. The summed E-state index contributed by atoms with van der Waals surface area (Å²) < 4.78 is 0. The highest BCUT2D eigenvalue weighted by atomic mass is 15.3. The van der Waals surface area contributed by atoms with Crippen molar-refractivity contribution in [1.29, 1.82) is 0 Å². The van der Waals surface area contributed by atoms with Gasteiger partial charge in [0, 0.05) is 70.6 Å². The van der Waals surface area contributed by atoms with Crippen molar-refractivity contribution < 1.29 is 0 Å². The van der Waals surface area contributed by atoms with Crippen molar-refractivity contribution >= 4 is 11.6 Å². The van der Waals surface area contributed by atoms with E-state index in [-0.39, 0.29) is 0 Å². The number of hydrogen-bond acceptors (Lipinski definition) is 4. The summed E-state index contributed by atoms with van der Waals surface area (Å²) in [4.78, 5) is 12.1. The Bertz CT molecular complexity index is 638. The second-order valence-corrected chi connectivity index (χ2v) is 9.15. The fraction of sp³-hybridized carbons (Fsp3) is 0.708. The Morgan fingerprint density at radius 3 is 2.43 bits per heavy atom. The van der Waals surface area contributed by atoms with Crippen molar-refractivity contribution in [1.82, 2.24) is 20.4 Å². The molecular weight excluding hydrogens is 372 g/mol. The Labute approximate surface area is 183 Å². The number of nitrogens with one attached hydrogen (secondary N) is 2. The predicted molar refractivity (Wildman–Crippen MR) is 128 cm³/mol. The zero-order valence-electron chi connectivity index (χ0n) is 19.5. The lowest BCUT2D eigenvalue weighted by Gasteiger charge is -2.36. The first-order valence-corrected chi connectivity index (χ1v) is 11.8. The maximum atomic E-state index is 4.44. The molecule has 2 saturated heterocycles. The number of anilines is 1. The van der Waals surface area contributed by atoms with E-state index < -0.39 is 0 Å². The van der Waals surface area contributed by atoms with Gasteiger partial charge in [0.1, 0.15) is 0 Å². The Morgan fingerprint density at radius 2 is 1.80 bits per heavy atom. The van der Waals surface area contributed by atoms with Crippen molar-refractivity contribution in [3.05, 3.63) is 30.3 Å². The van der Waals surface area contributed by atoms with E-state index in [2.05, 4.69) is 81.4 Å². The van der Waals surface area contributed by atoms with Crippen LogP contribution in [0.25, 0.3) is 0 Å². The molecule has 1 aromatic rings. The molecule has 2 unspecified atom stereocenters. The molecule has 2 aliphatic heterocycles. The molecule has 0 spiro atoms. The van der Waals surface area contributed by atoms with Crippen LogP contribution in [0.15, 0.2) is 35.3 Å². The Hall–Kier alpha value is -1.79. The number of likely N-dealkylation sites (tertiary alicyclic amines) is 1. The monoisotopic (exact) mass is 414 g/mol. The van der Waals surface area contributed by atoms with Crippen LogP contribution < -0.4 is 15.5 Å². The highest BCUT2D eigenvalue weighted by Gasteiger charge is 2.31. The summed E-state index contributed by atoms with van der Waals surface area (Å²) in [5.41, 5.74) is 1.35. The summed E-state index contributed by atoms with van der Waals surface area (Å²) in [6.45, 7) is 15.9. The highest BCUT2D eigenvalue weighted by molar-refractivity contribution is 5.80. The van der Waals surface area contributed by atoms with Crippen LogP contribution in [0.3, 0.4) is 0 Å². The van der Waals surface area contributed by atoms with Crippen molar-refractivity contribution in [2.45, 2.75) is 45.7 Å². The molecule has 168 valence electrons. The van der Waals surface area contributed by atoms with E-state index in [1.54, 1.807) is 0 Å². The number of benzene rings is 1. The summed E-state index contributed by atoms with van der Waals surface area (Å²) in [6.07, 6.45) is 2.41. The largest absolute Gasteiger partial charge is 0.369 e. The smallest absolute Gasteiger partial charge is 0.191 e. The molecule has 6 nitrogen and oxygen atoms in total. The average Bonchev–Trinajstić information content (AvgIpc) is 3.14. The van der Waals surface area contributed by atoms with E-state index in [4.69, 9.17) is 0 Å². The third-order valence-electron chi connectivity index (χ3n) is 6.60. The second kappa shape index (κ2) is 11.6. The van der Waals surface area contributed by atoms with Crippen LogP contribution in [0.4, 0.5) is 5.69 Å². The Kier molecular flexibility index (Phi) is 8.82. The number of hydrogen-bond donors (Lipinski definition) is 2. The topological polar surface area (TPSA) is 46.1 Å². The van der Waals surface area contributed by atoms with E-state index in [0.717, 1.165) is 45.2 Å². The van der Waals surface area contributed by atoms with Crippen LogP contribution in [-0.2, 0) is 0 Å². The molecular formula is C24H42N6. The predicted octanol–water partition coefficient (Wildman–Crippen LogP) is 2.48. The molecule has 0 amide bonds. The number of nitrogens with zero attached hydrogens (tertiary/aromatic N) is 4. The maximum Gasteiger partial charge on any atom is 0.191 e. The van der Waals surface area contributed by atoms with Crippen molar-refractivity contribution in [3.63, 3.8) is 0 Å². The first kappa shape index (κ1) is 22.9. The maximum absolute atomic E-state index is 4.44. The first-order valence-electron chi connectivity index (χ1n) is 11.8. The molecule has 2 atom stereocenters. The third kappa shape index (κ3) is 6.61. The van der Waals surface area contributed by atoms with E-state index in [9.17, 15) is 0 Å². The van der Waals surface area contributed by atoms with E-state index in [1.165, 1.54) is 31.6 Å². The lowest BCUT2D eigenvalue weighted by atomic mass is 10.1. The number of guanidine groups is 1. The number of unbranched alkanes of at least 4 members (excludes halogenated alkanes) is 1. The molecule has 30 heavy (non-hydrogen) atoms. The molecule has 0 saturated carbocycles. The van der Waals surface area contributed by atoms with Crippen LogP contribution in [0.2, 0.25) is 0 Å². The van der Waals surface area contributed by atoms with E-state index >= 15 is 0 Å². The van der Waals surface area contributed by atoms with Crippen molar-refractivity contribution in [2.24, 2.45) is 10.9 Å². The lowest BCUT2D eigenvalue weighted by molar-refractivity contribution is 0.253. The molecule has 0 aromatic heterocycles. The number of piperazine rings is 1. The first-order chi connectivity index (χ1) is 14.6. The van der Waals surface area contributed by atoms with Gasteiger partial charge in [-0.2, -0.15) is 0 Å². The SMILES string of the molecule is CN=C(NCCCCN1CCN(c2ccccc2)CC1)NC1CN(C(C)C)CC1C. The van der Waals surface area contributed by atoms with Gasteiger partial charge >= 0.3 is 0 Å². The van der Waals surface area contributed by atoms with Gasteiger partial charge in [-0.25, -0.2) is 0 Å². The molecule has 6 heteroatoms. The van der Waals surface area contributed by atoms with Gasteiger partial charge in [0.2, 0.25) is 0 Å². The van der Waals surface area contributed by atoms with E-state index in [1.807, 2.05) is 7.05 Å². The molecule has 2 aliphatic rings. The zero-order valence-corrected chi connectivity index (χ0v) is 19.5. The minimum Gasteiger partial charge on any atom is -0.369 e. The van der Waals surface area contributed by atoms with Gasteiger partial charge in [-0.15, -0.1) is 0 Å². The molecule has 0 aliphatic carbocycles. The van der Waals surface area contributed by atoms with Gasteiger partial charge in [0.25, 0.3) is 0 Å². The van der Waals surface area contributed by atoms with Crippen molar-refractivity contribution in [3.8, 4) is 0 Å². The zero-order chi connectivity index (χ0) is 21.3. The molecule has 3 rings (SSSR count). The molecule has 1 aromatic carbocycles. The fourth-order valence-corrected chi connectivity index (χ4v) is 4.52. The number of para-hydroxylation sites is 1. The number of rotatable bonds is 8. The molecule has 2 N–H and O–H groups in total. The van der Waals surface area contributed by atoms with Gasteiger partial charge in [0.05, 0.1) is 0 Å². The van der Waals surface area contributed by atoms with Crippen LogP contribution >= 0.6 is 0 Å². The third-order valence-corrected chi connectivity index (χ3v) is 6.60. The minimum atomic E-state index is 0.486. The quantitative estimate of drug-likeness (QED) is 0.389. The van der Waals surface area contributed by atoms with Crippen molar-refractivity contribution in [2.75, 3.05) is 64.3 Å². The fourth-order valence-electron chi connectivity index (χ4n) is 4.52. The van der Waals surface area contributed by atoms with Gasteiger partial charge in [0.15, 0.2) is 5.96 Å². The standard InChI is InChI=1S/C24H42N6/c1-20(2)30-18-21(3)23(19-30)27-24(25-4)26-12-8-9-13-28-14-16-29(17-15-28)22-10-6-5-7-11-22/h5-7,10-11,20-21,23H,8-9,12-19H2,1-4H3,(H2,25,26,27). The van der Waals surface area contributed by atoms with Gasteiger partial charge in [-0.05, 0) is 51.3 Å². The van der Waals surface area contributed by atoms with E-state index in [0.29, 0.717) is 18.0 Å². The molecule has 2 heterocycles. The van der Waals surface area contributed by atoms with Crippen LogP contribution in [-0.4, -0.2) is 87.2 Å². The average molecular weight is 415 g/mol.